The molecular formula is C22H22FN3O. The molecule has 27 heavy (non-hydrogen) atoms. The minimum absolute atomic E-state index is 0.0781. The van der Waals surface area contributed by atoms with Gasteiger partial charge in [-0.15, -0.1) is 0 Å². The van der Waals surface area contributed by atoms with Crippen LogP contribution in [0.1, 0.15) is 38.4 Å². The van der Waals surface area contributed by atoms with Gasteiger partial charge >= 0.3 is 0 Å². The monoisotopic (exact) mass is 363 g/mol. The van der Waals surface area contributed by atoms with Crippen LogP contribution in [0.25, 0.3) is 11.3 Å². The summed E-state index contributed by atoms with van der Waals surface area (Å²) in [5.74, 6) is -0.264. The fourth-order valence-electron chi connectivity index (χ4n) is 5.19. The van der Waals surface area contributed by atoms with Gasteiger partial charge in [-0.2, -0.15) is 10.4 Å². The number of halogens is 1. The lowest BCUT2D eigenvalue weighted by Crippen LogP contribution is -2.51. The van der Waals surface area contributed by atoms with Gasteiger partial charge in [0.25, 0.3) is 0 Å². The Bertz CT molecular complexity index is 1020. The summed E-state index contributed by atoms with van der Waals surface area (Å²) in [6.45, 7) is 5.97. The van der Waals surface area contributed by atoms with Crippen molar-refractivity contribution in [3.05, 3.63) is 53.0 Å². The van der Waals surface area contributed by atoms with E-state index in [9.17, 15) is 14.4 Å². The third-order valence-electron chi connectivity index (χ3n) is 6.45. The molecule has 1 heterocycles. The number of hydrogen-bond acceptors (Lipinski definition) is 3. The first-order valence-corrected chi connectivity index (χ1v) is 9.20. The maximum atomic E-state index is 13.4. The van der Waals surface area contributed by atoms with Crippen LogP contribution in [0.5, 0.6) is 0 Å². The molecule has 5 heteroatoms. The standard InChI is InChI=1S/C22H22FN3O/c1-21(2)17-10-9-16-18(13-5-7-15(23)8-6-13)26(4)25-19(16)22(17,3)11-14(12-24)20(21)27/h5-8,11,17H,9-10H2,1-4H3/t17-,22-/m0/s1. The number of ketones is 1. The van der Waals surface area contributed by atoms with E-state index in [2.05, 4.69) is 13.0 Å². The van der Waals surface area contributed by atoms with Crippen molar-refractivity contribution in [1.82, 2.24) is 9.78 Å². The molecule has 0 amide bonds. The van der Waals surface area contributed by atoms with Crippen LogP contribution in [0.3, 0.4) is 0 Å². The van der Waals surface area contributed by atoms with Crippen molar-refractivity contribution in [2.45, 2.75) is 39.0 Å². The third-order valence-corrected chi connectivity index (χ3v) is 6.45. The lowest BCUT2D eigenvalue weighted by molar-refractivity contribution is -0.128. The third kappa shape index (κ3) is 2.32. The second kappa shape index (κ2) is 5.63. The van der Waals surface area contributed by atoms with Crippen molar-refractivity contribution in [1.29, 1.82) is 5.26 Å². The molecule has 138 valence electrons. The Balaban J connectivity index is 1.95. The van der Waals surface area contributed by atoms with E-state index in [0.717, 1.165) is 35.4 Å². The van der Waals surface area contributed by atoms with Crippen LogP contribution < -0.4 is 0 Å². The van der Waals surface area contributed by atoms with Gasteiger partial charge in [-0.25, -0.2) is 4.39 Å². The van der Waals surface area contributed by atoms with Crippen LogP contribution in [-0.2, 0) is 23.7 Å². The normalized spacial score (nSPS) is 26.0. The highest BCUT2D eigenvalue weighted by atomic mass is 19.1. The van der Waals surface area contributed by atoms with E-state index in [1.165, 1.54) is 12.1 Å². The highest BCUT2D eigenvalue weighted by molar-refractivity contribution is 6.04. The summed E-state index contributed by atoms with van der Waals surface area (Å²) in [5.41, 5.74) is 3.08. The summed E-state index contributed by atoms with van der Waals surface area (Å²) >= 11 is 0. The number of carbonyl (C=O) groups is 1. The summed E-state index contributed by atoms with van der Waals surface area (Å²) in [4.78, 5) is 12.8. The van der Waals surface area contributed by atoms with Gasteiger partial charge in [-0.05, 0) is 43.0 Å². The number of aromatic nitrogens is 2. The molecule has 0 spiro atoms. The van der Waals surface area contributed by atoms with E-state index >= 15 is 0 Å². The van der Waals surface area contributed by atoms with Crippen LogP contribution in [0.15, 0.2) is 35.9 Å². The van der Waals surface area contributed by atoms with E-state index in [1.807, 2.05) is 31.7 Å². The Morgan fingerprint density at radius 3 is 2.56 bits per heavy atom. The van der Waals surface area contributed by atoms with Gasteiger partial charge < -0.3 is 0 Å². The molecule has 1 aromatic carbocycles. The van der Waals surface area contributed by atoms with Crippen LogP contribution >= 0.6 is 0 Å². The van der Waals surface area contributed by atoms with Gasteiger partial charge in [-0.1, -0.05) is 26.8 Å². The number of benzene rings is 1. The first-order chi connectivity index (χ1) is 12.7. The molecule has 0 saturated heterocycles. The molecule has 0 fully saturated rings. The van der Waals surface area contributed by atoms with E-state index in [-0.39, 0.29) is 23.1 Å². The van der Waals surface area contributed by atoms with Crippen molar-refractivity contribution in [2.75, 3.05) is 0 Å². The van der Waals surface area contributed by atoms with Crippen molar-refractivity contribution >= 4 is 5.78 Å². The highest BCUT2D eigenvalue weighted by Gasteiger charge is 2.55. The van der Waals surface area contributed by atoms with E-state index in [4.69, 9.17) is 5.10 Å². The maximum absolute atomic E-state index is 13.4. The maximum Gasteiger partial charge on any atom is 0.178 e. The largest absolute Gasteiger partial charge is 0.293 e. The zero-order chi connectivity index (χ0) is 19.6. The van der Waals surface area contributed by atoms with Crippen molar-refractivity contribution < 1.29 is 9.18 Å². The number of Topliss-reactive ketones (excluding diaryl/α,β-unsaturated/α-hetero) is 1. The molecule has 4 nitrogen and oxygen atoms in total. The van der Waals surface area contributed by atoms with Gasteiger partial charge in [0, 0.05) is 29.0 Å². The molecule has 2 aliphatic carbocycles. The SMILES string of the molecule is Cn1nc2c(c1-c1ccc(F)cc1)CC[C@H]1C(C)(C)C(=O)C(C#N)=C[C@]21C. The molecule has 1 aromatic heterocycles. The van der Waals surface area contributed by atoms with Crippen molar-refractivity contribution in [2.24, 2.45) is 18.4 Å². The smallest absolute Gasteiger partial charge is 0.178 e. The molecule has 0 unspecified atom stereocenters. The first kappa shape index (κ1) is 17.7. The summed E-state index contributed by atoms with van der Waals surface area (Å²) < 4.78 is 15.2. The highest BCUT2D eigenvalue weighted by Crippen LogP contribution is 2.55. The summed E-state index contributed by atoms with van der Waals surface area (Å²) in [5, 5.41) is 14.3. The van der Waals surface area contributed by atoms with E-state index < -0.39 is 10.8 Å². The number of aryl methyl sites for hydroxylation is 1. The van der Waals surface area contributed by atoms with Crippen molar-refractivity contribution in [3.8, 4) is 17.3 Å². The molecule has 2 aromatic rings. The minimum Gasteiger partial charge on any atom is -0.293 e. The van der Waals surface area contributed by atoms with Crippen LogP contribution in [0.4, 0.5) is 4.39 Å². The van der Waals surface area contributed by atoms with Crippen LogP contribution in [0, 0.1) is 28.5 Å². The number of nitrogens with zero attached hydrogens (tertiary/aromatic N) is 3. The fraction of sp³-hybridized carbons (Fsp3) is 0.409. The molecule has 0 bridgehead atoms. The average molecular weight is 363 g/mol. The molecule has 0 radical (unpaired) electrons. The molecule has 0 aliphatic heterocycles. The Morgan fingerprint density at radius 1 is 1.26 bits per heavy atom. The van der Waals surface area contributed by atoms with E-state index in [1.54, 1.807) is 12.1 Å². The predicted octanol–water partition coefficient (Wildman–Crippen LogP) is 4.11. The predicted molar refractivity (Wildman–Crippen MR) is 100 cm³/mol. The summed E-state index contributed by atoms with van der Waals surface area (Å²) in [6, 6.07) is 8.55. The Morgan fingerprint density at radius 2 is 1.93 bits per heavy atom. The van der Waals surface area contributed by atoms with Crippen LogP contribution in [0.2, 0.25) is 0 Å². The first-order valence-electron chi connectivity index (χ1n) is 9.20. The lowest BCUT2D eigenvalue weighted by Gasteiger charge is -2.49. The molecular weight excluding hydrogens is 341 g/mol. The minimum atomic E-state index is -0.611. The molecule has 0 N–H and O–H groups in total. The lowest BCUT2D eigenvalue weighted by atomic mass is 9.52. The van der Waals surface area contributed by atoms with Gasteiger partial charge in [-0.3, -0.25) is 9.48 Å². The Kier molecular flexibility index (Phi) is 3.68. The van der Waals surface area contributed by atoms with Gasteiger partial charge in [0.15, 0.2) is 5.78 Å². The summed E-state index contributed by atoms with van der Waals surface area (Å²) in [7, 11) is 1.89. The summed E-state index contributed by atoms with van der Waals surface area (Å²) in [6.07, 6.45) is 3.48. The Hall–Kier alpha value is -2.74. The number of rotatable bonds is 1. The topological polar surface area (TPSA) is 58.7 Å². The van der Waals surface area contributed by atoms with Crippen LogP contribution in [-0.4, -0.2) is 15.6 Å². The second-order valence-electron chi connectivity index (χ2n) is 8.40. The number of fused-ring (bicyclic) bond motifs is 3. The second-order valence-corrected chi connectivity index (χ2v) is 8.40. The van der Waals surface area contributed by atoms with Gasteiger partial charge in [0.1, 0.15) is 11.9 Å². The number of hydrogen-bond donors (Lipinski definition) is 0. The number of nitriles is 1. The van der Waals surface area contributed by atoms with Gasteiger partial charge in [0.2, 0.25) is 0 Å². The quantitative estimate of drug-likeness (QED) is 0.766. The molecule has 2 aliphatic rings. The van der Waals surface area contributed by atoms with Crippen molar-refractivity contribution in [3.63, 3.8) is 0 Å². The zero-order valence-corrected chi connectivity index (χ0v) is 16.0. The molecule has 2 atom stereocenters. The van der Waals surface area contributed by atoms with E-state index in [0.29, 0.717) is 0 Å². The zero-order valence-electron chi connectivity index (χ0n) is 16.0. The molecule has 0 saturated carbocycles. The fourth-order valence-corrected chi connectivity index (χ4v) is 5.19. The molecule has 4 rings (SSSR count). The van der Waals surface area contributed by atoms with Gasteiger partial charge in [0.05, 0.1) is 17.0 Å². The average Bonchev–Trinajstić information content (AvgIpc) is 2.96. The number of allylic oxidation sites excluding steroid dienone is 2. The Labute approximate surface area is 158 Å². The number of carbonyl (C=O) groups excluding carboxylic acids is 1.